The molecule has 22 heavy (non-hydrogen) atoms. The Hall–Kier alpha value is -2.96. The molecule has 5 nitrogen and oxygen atoms in total. The zero-order valence-electron chi connectivity index (χ0n) is 11.4. The third-order valence-electron chi connectivity index (χ3n) is 3.26. The number of anilines is 1. The Morgan fingerprint density at radius 3 is 2.55 bits per heavy atom. The van der Waals surface area contributed by atoms with Crippen molar-refractivity contribution < 1.29 is 18.0 Å². The molecule has 1 amide bonds. The summed E-state index contributed by atoms with van der Waals surface area (Å²) in [5, 5.41) is 2.17. The first-order valence-corrected chi connectivity index (χ1v) is 6.32. The molecule has 3 rings (SSSR count). The van der Waals surface area contributed by atoms with Crippen LogP contribution in [0.2, 0.25) is 0 Å². The topological polar surface area (TPSA) is 64.2 Å². The van der Waals surface area contributed by atoms with E-state index in [2.05, 4.69) is 5.32 Å². The number of carbonyl (C=O) groups excluding carboxylic acids is 1. The molecule has 2 aromatic carbocycles. The summed E-state index contributed by atoms with van der Waals surface area (Å²) in [6.45, 7) is 0. The summed E-state index contributed by atoms with van der Waals surface area (Å²) in [7, 11) is 1.53. The molecule has 7 heteroatoms. The number of nitrogens with zero attached hydrogens (tertiary/aromatic N) is 1. The van der Waals surface area contributed by atoms with Crippen molar-refractivity contribution in [2.75, 3.05) is 5.32 Å². The van der Waals surface area contributed by atoms with E-state index in [4.69, 9.17) is 4.42 Å². The fourth-order valence-electron chi connectivity index (χ4n) is 2.08. The van der Waals surface area contributed by atoms with Crippen LogP contribution in [0.5, 0.6) is 0 Å². The van der Waals surface area contributed by atoms with Gasteiger partial charge in [0.05, 0.1) is 5.52 Å². The molecule has 0 aliphatic rings. The Bertz CT molecular complexity index is 923. The summed E-state index contributed by atoms with van der Waals surface area (Å²) in [4.78, 5) is 23.5. The number of halogens is 2. The highest BCUT2D eigenvalue weighted by molar-refractivity contribution is 6.05. The second-order valence-electron chi connectivity index (χ2n) is 4.66. The second kappa shape index (κ2) is 5.10. The normalized spacial score (nSPS) is 10.9. The maximum Gasteiger partial charge on any atom is 0.419 e. The number of para-hydroxylation sites is 1. The highest BCUT2D eigenvalue weighted by Crippen LogP contribution is 2.20. The van der Waals surface area contributed by atoms with E-state index < -0.39 is 29.0 Å². The number of fused-ring (bicyclic) bond motifs is 1. The van der Waals surface area contributed by atoms with E-state index >= 15 is 0 Å². The van der Waals surface area contributed by atoms with E-state index in [9.17, 15) is 18.4 Å². The van der Waals surface area contributed by atoms with Crippen molar-refractivity contribution in [1.29, 1.82) is 0 Å². The van der Waals surface area contributed by atoms with Gasteiger partial charge in [0.15, 0.2) is 5.58 Å². The van der Waals surface area contributed by atoms with Crippen LogP contribution < -0.4 is 11.1 Å². The van der Waals surface area contributed by atoms with Crippen molar-refractivity contribution in [3.63, 3.8) is 0 Å². The minimum Gasteiger partial charge on any atom is -0.408 e. The van der Waals surface area contributed by atoms with E-state index in [0.29, 0.717) is 5.52 Å². The summed E-state index contributed by atoms with van der Waals surface area (Å²) in [5.41, 5.74) is 0.319. The number of aryl methyl sites for hydroxylation is 1. The van der Waals surface area contributed by atoms with Gasteiger partial charge in [-0.05, 0) is 30.3 Å². The van der Waals surface area contributed by atoms with Gasteiger partial charge in [0.2, 0.25) is 0 Å². The summed E-state index contributed by atoms with van der Waals surface area (Å²) < 4.78 is 33.3. The number of amides is 1. The number of hydrogen-bond acceptors (Lipinski definition) is 3. The van der Waals surface area contributed by atoms with E-state index in [-0.39, 0.29) is 11.1 Å². The lowest BCUT2D eigenvalue weighted by Gasteiger charge is -2.07. The summed E-state index contributed by atoms with van der Waals surface area (Å²) >= 11 is 0. The van der Waals surface area contributed by atoms with Crippen LogP contribution in [0.4, 0.5) is 14.5 Å². The van der Waals surface area contributed by atoms with Crippen LogP contribution in [0.25, 0.3) is 11.1 Å². The zero-order chi connectivity index (χ0) is 15.9. The van der Waals surface area contributed by atoms with E-state index in [1.807, 2.05) is 0 Å². The second-order valence-corrected chi connectivity index (χ2v) is 4.66. The van der Waals surface area contributed by atoms with Crippen molar-refractivity contribution in [2.45, 2.75) is 0 Å². The Kier molecular flexibility index (Phi) is 3.25. The first-order valence-electron chi connectivity index (χ1n) is 6.32. The average molecular weight is 304 g/mol. The molecule has 0 aliphatic heterocycles. The predicted molar refractivity (Wildman–Crippen MR) is 75.8 cm³/mol. The summed E-state index contributed by atoms with van der Waals surface area (Å²) in [6, 6.07) is 7.57. The number of aromatic nitrogens is 1. The monoisotopic (exact) mass is 304 g/mol. The van der Waals surface area contributed by atoms with Gasteiger partial charge >= 0.3 is 5.76 Å². The highest BCUT2D eigenvalue weighted by Gasteiger charge is 2.15. The molecule has 1 heterocycles. The third kappa shape index (κ3) is 2.26. The number of oxazole rings is 1. The van der Waals surface area contributed by atoms with Crippen molar-refractivity contribution >= 4 is 22.7 Å². The smallest absolute Gasteiger partial charge is 0.408 e. The van der Waals surface area contributed by atoms with E-state index in [1.54, 1.807) is 0 Å². The number of carbonyl (C=O) groups is 1. The average Bonchev–Trinajstić information content (AvgIpc) is 2.77. The molecule has 0 saturated carbocycles. The van der Waals surface area contributed by atoms with Crippen LogP contribution in [0.3, 0.4) is 0 Å². The maximum absolute atomic E-state index is 13.5. The van der Waals surface area contributed by atoms with Crippen LogP contribution in [-0.2, 0) is 7.05 Å². The molecule has 112 valence electrons. The van der Waals surface area contributed by atoms with E-state index in [0.717, 1.165) is 12.1 Å². The Morgan fingerprint density at radius 1 is 1.18 bits per heavy atom. The Balaban J connectivity index is 1.97. The van der Waals surface area contributed by atoms with Crippen LogP contribution in [-0.4, -0.2) is 10.5 Å². The molecule has 0 radical (unpaired) electrons. The van der Waals surface area contributed by atoms with Gasteiger partial charge in [0.1, 0.15) is 17.3 Å². The van der Waals surface area contributed by atoms with Crippen molar-refractivity contribution in [1.82, 2.24) is 4.57 Å². The summed E-state index contributed by atoms with van der Waals surface area (Å²) in [5.74, 6) is -3.02. The van der Waals surface area contributed by atoms with Crippen LogP contribution in [0.1, 0.15) is 10.4 Å². The molecule has 0 unspecified atom stereocenters. The molecule has 1 aromatic heterocycles. The van der Waals surface area contributed by atoms with Crippen LogP contribution >= 0.6 is 0 Å². The SMILES string of the molecule is Cn1c(=O)oc2cc(C(=O)Nc3c(F)cccc3F)ccc21. The number of hydrogen-bond donors (Lipinski definition) is 1. The molecular formula is C15H10F2N2O3. The lowest BCUT2D eigenvalue weighted by molar-refractivity contribution is 0.102. The fraction of sp³-hybridized carbons (Fsp3) is 0.0667. The molecule has 0 aliphatic carbocycles. The highest BCUT2D eigenvalue weighted by atomic mass is 19.1. The van der Waals surface area contributed by atoms with Gasteiger partial charge in [0.25, 0.3) is 5.91 Å². The number of benzene rings is 2. The molecular weight excluding hydrogens is 294 g/mol. The Morgan fingerprint density at radius 2 is 1.86 bits per heavy atom. The molecule has 0 bridgehead atoms. The Labute approximate surface area is 122 Å². The lowest BCUT2D eigenvalue weighted by atomic mass is 10.2. The van der Waals surface area contributed by atoms with Gasteiger partial charge < -0.3 is 9.73 Å². The molecule has 0 atom stereocenters. The molecule has 0 spiro atoms. The molecule has 1 N–H and O–H groups in total. The van der Waals surface area contributed by atoms with Crippen LogP contribution in [0.15, 0.2) is 45.6 Å². The maximum atomic E-state index is 13.5. The van der Waals surface area contributed by atoms with Crippen LogP contribution in [0, 0.1) is 11.6 Å². The molecule has 3 aromatic rings. The van der Waals surface area contributed by atoms with Crippen molar-refractivity contribution in [3.05, 3.63) is 64.1 Å². The zero-order valence-corrected chi connectivity index (χ0v) is 11.4. The van der Waals surface area contributed by atoms with Gasteiger partial charge in [0, 0.05) is 12.6 Å². The predicted octanol–water partition coefficient (Wildman–Crippen LogP) is 2.66. The van der Waals surface area contributed by atoms with Gasteiger partial charge in [-0.1, -0.05) is 6.07 Å². The first kappa shape index (κ1) is 14.0. The van der Waals surface area contributed by atoms with Gasteiger partial charge in [-0.2, -0.15) is 0 Å². The number of nitrogens with one attached hydrogen (secondary N) is 1. The fourth-order valence-corrected chi connectivity index (χ4v) is 2.08. The third-order valence-corrected chi connectivity index (χ3v) is 3.26. The van der Waals surface area contributed by atoms with Crippen molar-refractivity contribution in [3.8, 4) is 0 Å². The van der Waals surface area contributed by atoms with Gasteiger partial charge in [-0.15, -0.1) is 0 Å². The minimum atomic E-state index is -0.874. The quantitative estimate of drug-likeness (QED) is 0.791. The minimum absolute atomic E-state index is 0.115. The van der Waals surface area contributed by atoms with Gasteiger partial charge in [-0.3, -0.25) is 9.36 Å². The standard InChI is InChI=1S/C15H10F2N2O3/c1-19-11-6-5-8(7-12(11)22-15(19)21)14(20)18-13-9(16)3-2-4-10(13)17/h2-7H,1H3,(H,18,20). The van der Waals surface area contributed by atoms with Crippen molar-refractivity contribution in [2.24, 2.45) is 7.05 Å². The summed E-state index contributed by atoms with van der Waals surface area (Å²) in [6.07, 6.45) is 0. The first-order chi connectivity index (χ1) is 10.5. The lowest BCUT2D eigenvalue weighted by Crippen LogP contribution is -2.14. The molecule has 0 fully saturated rings. The van der Waals surface area contributed by atoms with E-state index in [1.165, 1.54) is 35.9 Å². The van der Waals surface area contributed by atoms with Gasteiger partial charge in [-0.25, -0.2) is 13.6 Å². The number of rotatable bonds is 2. The largest absolute Gasteiger partial charge is 0.419 e. The molecule has 0 saturated heterocycles.